The molecule has 2 rings (SSSR count). The standard InChI is InChI=1S/C18H17F4N3O3/c1-11(12-2-5-14(19)6-3-12)24-17(26)8-9-23-15-7-4-13(18(20,21)22)10-16(15)25(27)28/h2-7,10-11,23H,8-9H2,1H3,(H,24,26)/t11-/m1/s1. The molecule has 0 aliphatic heterocycles. The summed E-state index contributed by atoms with van der Waals surface area (Å²) in [5, 5.41) is 16.3. The fourth-order valence-corrected chi connectivity index (χ4v) is 2.47. The van der Waals surface area contributed by atoms with E-state index in [0.717, 1.165) is 12.1 Å². The molecule has 0 saturated carbocycles. The summed E-state index contributed by atoms with van der Waals surface area (Å²) in [4.78, 5) is 22.1. The van der Waals surface area contributed by atoms with Gasteiger partial charge in [0, 0.05) is 19.0 Å². The monoisotopic (exact) mass is 399 g/mol. The van der Waals surface area contributed by atoms with Gasteiger partial charge in [-0.05, 0) is 36.8 Å². The molecular weight excluding hydrogens is 382 g/mol. The van der Waals surface area contributed by atoms with Crippen LogP contribution in [0.5, 0.6) is 0 Å². The topological polar surface area (TPSA) is 84.3 Å². The lowest BCUT2D eigenvalue weighted by Crippen LogP contribution is -2.28. The van der Waals surface area contributed by atoms with Crippen molar-refractivity contribution in [1.29, 1.82) is 0 Å². The van der Waals surface area contributed by atoms with E-state index in [4.69, 9.17) is 0 Å². The van der Waals surface area contributed by atoms with Gasteiger partial charge >= 0.3 is 6.18 Å². The molecular formula is C18H17F4N3O3. The first-order chi connectivity index (χ1) is 13.1. The van der Waals surface area contributed by atoms with Crippen LogP contribution >= 0.6 is 0 Å². The van der Waals surface area contributed by atoms with Crippen molar-refractivity contribution in [1.82, 2.24) is 5.32 Å². The molecule has 0 radical (unpaired) electrons. The molecule has 0 aliphatic carbocycles. The Hall–Kier alpha value is -3.17. The maximum Gasteiger partial charge on any atom is 0.416 e. The van der Waals surface area contributed by atoms with Gasteiger partial charge in [-0.15, -0.1) is 0 Å². The Kier molecular flexibility index (Phi) is 6.55. The van der Waals surface area contributed by atoms with Crippen molar-refractivity contribution in [2.75, 3.05) is 11.9 Å². The van der Waals surface area contributed by atoms with Crippen molar-refractivity contribution in [3.63, 3.8) is 0 Å². The van der Waals surface area contributed by atoms with E-state index in [2.05, 4.69) is 10.6 Å². The summed E-state index contributed by atoms with van der Waals surface area (Å²) in [5.74, 6) is -0.775. The van der Waals surface area contributed by atoms with Crippen molar-refractivity contribution in [3.05, 3.63) is 69.5 Å². The van der Waals surface area contributed by atoms with Gasteiger partial charge in [-0.3, -0.25) is 14.9 Å². The Bertz CT molecular complexity index is 854. The Morgan fingerprint density at radius 1 is 1.18 bits per heavy atom. The second kappa shape index (κ2) is 8.68. The summed E-state index contributed by atoms with van der Waals surface area (Å²) in [7, 11) is 0. The van der Waals surface area contributed by atoms with Crippen LogP contribution in [0.15, 0.2) is 42.5 Å². The molecule has 10 heteroatoms. The van der Waals surface area contributed by atoms with E-state index < -0.39 is 28.2 Å². The predicted octanol–water partition coefficient (Wildman–Crippen LogP) is 4.43. The number of hydrogen-bond donors (Lipinski definition) is 2. The smallest absolute Gasteiger partial charge is 0.379 e. The summed E-state index contributed by atoms with van der Waals surface area (Å²) in [6.45, 7) is 1.69. The number of carbonyl (C=O) groups excluding carboxylic acids is 1. The number of alkyl halides is 3. The van der Waals surface area contributed by atoms with Crippen molar-refractivity contribution in [3.8, 4) is 0 Å². The molecule has 28 heavy (non-hydrogen) atoms. The van der Waals surface area contributed by atoms with Gasteiger partial charge in [0.2, 0.25) is 5.91 Å². The summed E-state index contributed by atoms with van der Waals surface area (Å²) in [5.41, 5.74) is -1.27. The van der Waals surface area contributed by atoms with Crippen LogP contribution in [0.3, 0.4) is 0 Å². The lowest BCUT2D eigenvalue weighted by molar-refractivity contribution is -0.384. The van der Waals surface area contributed by atoms with E-state index in [1.165, 1.54) is 24.3 Å². The zero-order valence-corrected chi connectivity index (χ0v) is 14.7. The lowest BCUT2D eigenvalue weighted by Gasteiger charge is -2.15. The van der Waals surface area contributed by atoms with Crippen LogP contribution in [0.4, 0.5) is 28.9 Å². The average molecular weight is 399 g/mol. The van der Waals surface area contributed by atoms with Gasteiger partial charge in [-0.25, -0.2) is 4.39 Å². The fraction of sp³-hybridized carbons (Fsp3) is 0.278. The number of halogens is 4. The maximum absolute atomic E-state index is 12.9. The van der Waals surface area contributed by atoms with Crippen LogP contribution in [-0.4, -0.2) is 17.4 Å². The third-order valence-corrected chi connectivity index (χ3v) is 3.94. The third kappa shape index (κ3) is 5.66. The Morgan fingerprint density at radius 3 is 2.39 bits per heavy atom. The average Bonchev–Trinajstić information content (AvgIpc) is 2.61. The molecule has 2 aromatic carbocycles. The quantitative estimate of drug-likeness (QED) is 0.410. The molecule has 0 aliphatic rings. The molecule has 2 aromatic rings. The van der Waals surface area contributed by atoms with E-state index in [1.54, 1.807) is 6.92 Å². The summed E-state index contributed by atoms with van der Waals surface area (Å²) < 4.78 is 51.0. The highest BCUT2D eigenvalue weighted by atomic mass is 19.4. The molecule has 2 N–H and O–H groups in total. The zero-order valence-electron chi connectivity index (χ0n) is 14.7. The second-order valence-corrected chi connectivity index (χ2v) is 6.00. The van der Waals surface area contributed by atoms with Crippen molar-refractivity contribution >= 4 is 17.3 Å². The van der Waals surface area contributed by atoms with Gasteiger partial charge in [0.05, 0.1) is 16.5 Å². The van der Waals surface area contributed by atoms with E-state index in [0.29, 0.717) is 11.6 Å². The SMILES string of the molecule is C[C@@H](NC(=O)CCNc1ccc(C(F)(F)F)cc1[N+](=O)[O-])c1ccc(F)cc1. The number of rotatable bonds is 7. The minimum Gasteiger partial charge on any atom is -0.379 e. The highest BCUT2D eigenvalue weighted by Gasteiger charge is 2.33. The number of hydrogen-bond acceptors (Lipinski definition) is 4. The molecule has 1 atom stereocenters. The van der Waals surface area contributed by atoms with Crippen LogP contribution in [0.1, 0.15) is 30.5 Å². The third-order valence-electron chi connectivity index (χ3n) is 3.94. The van der Waals surface area contributed by atoms with E-state index in [1.807, 2.05) is 0 Å². The molecule has 0 unspecified atom stereocenters. The molecule has 0 saturated heterocycles. The number of nitro groups is 1. The normalized spacial score (nSPS) is 12.3. The number of nitro benzene ring substituents is 1. The first kappa shape index (κ1) is 21.1. The summed E-state index contributed by atoms with van der Waals surface area (Å²) in [6.07, 6.45) is -4.76. The van der Waals surface area contributed by atoms with Crippen LogP contribution in [0, 0.1) is 15.9 Å². The van der Waals surface area contributed by atoms with Crippen LogP contribution in [0.25, 0.3) is 0 Å². The van der Waals surface area contributed by atoms with Gasteiger partial charge in [0.1, 0.15) is 11.5 Å². The number of nitrogens with one attached hydrogen (secondary N) is 2. The highest BCUT2D eigenvalue weighted by Crippen LogP contribution is 2.34. The Morgan fingerprint density at radius 2 is 1.82 bits per heavy atom. The minimum atomic E-state index is -4.69. The van der Waals surface area contributed by atoms with Gasteiger partial charge in [-0.1, -0.05) is 12.1 Å². The van der Waals surface area contributed by atoms with E-state index >= 15 is 0 Å². The van der Waals surface area contributed by atoms with Gasteiger partial charge in [0.25, 0.3) is 5.69 Å². The molecule has 0 heterocycles. The maximum atomic E-state index is 12.9. The van der Waals surface area contributed by atoms with Crippen molar-refractivity contribution in [2.24, 2.45) is 0 Å². The van der Waals surface area contributed by atoms with Crippen LogP contribution < -0.4 is 10.6 Å². The van der Waals surface area contributed by atoms with E-state index in [-0.39, 0.29) is 30.6 Å². The zero-order chi connectivity index (χ0) is 20.9. The Balaban J connectivity index is 1.94. The Labute approximate surface area is 157 Å². The number of anilines is 1. The van der Waals surface area contributed by atoms with Crippen molar-refractivity contribution in [2.45, 2.75) is 25.6 Å². The predicted molar refractivity (Wildman–Crippen MR) is 94.2 cm³/mol. The second-order valence-electron chi connectivity index (χ2n) is 6.00. The van der Waals surface area contributed by atoms with Crippen LogP contribution in [0.2, 0.25) is 0 Å². The van der Waals surface area contributed by atoms with Gasteiger partial charge < -0.3 is 10.6 Å². The lowest BCUT2D eigenvalue weighted by atomic mass is 10.1. The molecule has 6 nitrogen and oxygen atoms in total. The largest absolute Gasteiger partial charge is 0.416 e. The minimum absolute atomic E-state index is 0.0197. The summed E-state index contributed by atoms with van der Waals surface area (Å²) in [6, 6.07) is 7.35. The molecule has 1 amide bonds. The van der Waals surface area contributed by atoms with Crippen LogP contribution in [-0.2, 0) is 11.0 Å². The van der Waals surface area contributed by atoms with E-state index in [9.17, 15) is 32.5 Å². The molecule has 0 fully saturated rings. The summed E-state index contributed by atoms with van der Waals surface area (Å²) >= 11 is 0. The first-order valence-corrected chi connectivity index (χ1v) is 8.22. The van der Waals surface area contributed by atoms with Gasteiger partial charge in [0.15, 0.2) is 0 Å². The fourth-order valence-electron chi connectivity index (χ4n) is 2.47. The molecule has 0 aromatic heterocycles. The molecule has 0 spiro atoms. The number of nitrogens with zero attached hydrogens (tertiary/aromatic N) is 1. The number of benzene rings is 2. The number of carbonyl (C=O) groups is 1. The van der Waals surface area contributed by atoms with Gasteiger partial charge in [-0.2, -0.15) is 13.2 Å². The first-order valence-electron chi connectivity index (χ1n) is 8.22. The highest BCUT2D eigenvalue weighted by molar-refractivity contribution is 5.77. The van der Waals surface area contributed by atoms with Crippen molar-refractivity contribution < 1.29 is 27.3 Å². The molecule has 150 valence electrons. The number of amides is 1. The molecule has 0 bridgehead atoms.